The van der Waals surface area contributed by atoms with Crippen molar-refractivity contribution in [3.63, 3.8) is 0 Å². The van der Waals surface area contributed by atoms with Gasteiger partial charge in [0.1, 0.15) is 11.5 Å². The summed E-state index contributed by atoms with van der Waals surface area (Å²) in [5.74, 6) is 0.411. The minimum Gasteiger partial charge on any atom is -0.494 e. The SMILES string of the molecule is C=C(C)C(CCC(=O)CC)N(C=O)C(=O)c1ccc(OCCCCCOCCCCCCC)cc1C. The maximum atomic E-state index is 13.2. The van der Waals surface area contributed by atoms with E-state index in [0.717, 1.165) is 49.4 Å². The summed E-state index contributed by atoms with van der Waals surface area (Å²) in [7, 11) is 0. The van der Waals surface area contributed by atoms with Crippen LogP contribution in [0.15, 0.2) is 30.4 Å². The highest BCUT2D eigenvalue weighted by Crippen LogP contribution is 2.22. The molecule has 0 N–H and O–H groups in total. The van der Waals surface area contributed by atoms with Gasteiger partial charge in [-0.3, -0.25) is 19.3 Å². The number of ether oxygens (including phenoxy) is 2. The van der Waals surface area contributed by atoms with Crippen molar-refractivity contribution in [3.05, 3.63) is 41.5 Å². The molecule has 2 amide bonds. The van der Waals surface area contributed by atoms with Gasteiger partial charge in [0.2, 0.25) is 6.41 Å². The molecule has 1 rings (SSSR count). The first-order valence-electron chi connectivity index (χ1n) is 13.6. The number of amides is 2. The molecular weight excluding hydrogens is 454 g/mol. The molecule has 0 spiro atoms. The van der Waals surface area contributed by atoms with Crippen LogP contribution < -0.4 is 4.74 Å². The molecule has 1 aromatic carbocycles. The first kappa shape index (κ1) is 31.6. The molecule has 1 aromatic rings. The summed E-state index contributed by atoms with van der Waals surface area (Å²) >= 11 is 0. The second-order valence-corrected chi connectivity index (χ2v) is 9.52. The number of unbranched alkanes of at least 4 members (excludes halogenated alkanes) is 6. The Hall–Kier alpha value is -2.47. The monoisotopic (exact) mass is 501 g/mol. The zero-order valence-corrected chi connectivity index (χ0v) is 23.0. The summed E-state index contributed by atoms with van der Waals surface area (Å²) in [5.41, 5.74) is 1.85. The third-order valence-electron chi connectivity index (χ3n) is 6.37. The van der Waals surface area contributed by atoms with Gasteiger partial charge in [0.15, 0.2) is 0 Å². The summed E-state index contributed by atoms with van der Waals surface area (Å²) in [6.45, 7) is 13.8. The van der Waals surface area contributed by atoms with E-state index in [0.29, 0.717) is 49.2 Å². The molecule has 0 heterocycles. The summed E-state index contributed by atoms with van der Waals surface area (Å²) in [6.07, 6.45) is 11.0. The summed E-state index contributed by atoms with van der Waals surface area (Å²) in [6, 6.07) is 4.78. The van der Waals surface area contributed by atoms with Crippen LogP contribution in [0, 0.1) is 6.92 Å². The van der Waals surface area contributed by atoms with Crippen molar-refractivity contribution < 1.29 is 23.9 Å². The van der Waals surface area contributed by atoms with Crippen molar-refractivity contribution in [2.75, 3.05) is 19.8 Å². The summed E-state index contributed by atoms with van der Waals surface area (Å²) < 4.78 is 11.6. The highest BCUT2D eigenvalue weighted by Gasteiger charge is 2.26. The summed E-state index contributed by atoms with van der Waals surface area (Å²) in [4.78, 5) is 37.9. The average molecular weight is 502 g/mol. The number of Topliss-reactive ketones (excluding diaryl/α,β-unsaturated/α-hetero) is 1. The van der Waals surface area contributed by atoms with Crippen LogP contribution in [-0.4, -0.2) is 48.9 Å². The van der Waals surface area contributed by atoms with Crippen LogP contribution >= 0.6 is 0 Å². The van der Waals surface area contributed by atoms with Crippen molar-refractivity contribution in [1.82, 2.24) is 4.90 Å². The fraction of sp³-hybridized carbons (Fsp3) is 0.633. The molecule has 202 valence electrons. The molecule has 0 saturated carbocycles. The minimum atomic E-state index is -0.508. The Morgan fingerprint density at radius 3 is 2.22 bits per heavy atom. The Morgan fingerprint density at radius 2 is 1.64 bits per heavy atom. The number of rotatable bonds is 21. The van der Waals surface area contributed by atoms with E-state index >= 15 is 0 Å². The highest BCUT2D eigenvalue weighted by atomic mass is 16.5. The van der Waals surface area contributed by atoms with Crippen molar-refractivity contribution in [2.45, 2.75) is 104 Å². The fourth-order valence-corrected chi connectivity index (χ4v) is 4.05. The number of hydrogen-bond acceptors (Lipinski definition) is 5. The summed E-state index contributed by atoms with van der Waals surface area (Å²) in [5, 5.41) is 0. The van der Waals surface area contributed by atoms with E-state index in [-0.39, 0.29) is 5.78 Å². The number of benzene rings is 1. The molecule has 1 atom stereocenters. The maximum Gasteiger partial charge on any atom is 0.261 e. The molecule has 0 radical (unpaired) electrons. The van der Waals surface area contributed by atoms with Gasteiger partial charge in [0, 0.05) is 31.6 Å². The zero-order chi connectivity index (χ0) is 26.8. The van der Waals surface area contributed by atoms with Gasteiger partial charge >= 0.3 is 0 Å². The Bertz CT molecular complexity index is 820. The molecule has 6 heteroatoms. The Labute approximate surface area is 218 Å². The second kappa shape index (κ2) is 18.8. The normalized spacial score (nSPS) is 11.7. The standard InChI is InChI=1S/C30H47NO5/c1-6-8-9-10-12-19-35-20-13-11-14-21-36-27-16-17-28(25(5)22-27)30(34)31(23-32)29(24(3)4)18-15-26(33)7-2/h16-17,22-23,29H,3,6-15,18-21H2,1-2,4-5H3. The molecule has 0 aliphatic heterocycles. The smallest absolute Gasteiger partial charge is 0.261 e. The largest absolute Gasteiger partial charge is 0.494 e. The molecule has 0 saturated heterocycles. The van der Waals surface area contributed by atoms with E-state index < -0.39 is 11.9 Å². The maximum absolute atomic E-state index is 13.2. The quantitative estimate of drug-likeness (QED) is 0.105. The molecule has 6 nitrogen and oxygen atoms in total. The number of ketones is 1. The number of nitrogens with zero attached hydrogens (tertiary/aromatic N) is 1. The van der Waals surface area contributed by atoms with Crippen LogP contribution in [0.5, 0.6) is 5.75 Å². The number of hydrogen-bond donors (Lipinski definition) is 0. The Kier molecular flexibility index (Phi) is 16.4. The van der Waals surface area contributed by atoms with E-state index in [1.54, 1.807) is 26.0 Å². The number of imide groups is 1. The molecule has 0 bridgehead atoms. The van der Waals surface area contributed by atoms with E-state index in [4.69, 9.17) is 9.47 Å². The van der Waals surface area contributed by atoms with Gasteiger partial charge in [-0.25, -0.2) is 0 Å². The predicted molar refractivity (Wildman–Crippen MR) is 145 cm³/mol. The third kappa shape index (κ3) is 12.0. The Balaban J connectivity index is 2.48. The van der Waals surface area contributed by atoms with E-state index in [1.807, 2.05) is 13.0 Å². The first-order valence-corrected chi connectivity index (χ1v) is 13.6. The minimum absolute atomic E-state index is 0.0996. The van der Waals surface area contributed by atoms with E-state index in [2.05, 4.69) is 13.5 Å². The number of aryl methyl sites for hydroxylation is 1. The van der Waals surface area contributed by atoms with Gasteiger partial charge in [0.05, 0.1) is 12.6 Å². The van der Waals surface area contributed by atoms with Crippen LogP contribution in [0.3, 0.4) is 0 Å². The van der Waals surface area contributed by atoms with Gasteiger partial charge in [0.25, 0.3) is 5.91 Å². The average Bonchev–Trinajstić information content (AvgIpc) is 2.86. The molecule has 0 aliphatic rings. The second-order valence-electron chi connectivity index (χ2n) is 9.52. The lowest BCUT2D eigenvalue weighted by molar-refractivity contribution is -0.120. The third-order valence-corrected chi connectivity index (χ3v) is 6.37. The van der Waals surface area contributed by atoms with Crippen LogP contribution in [0.4, 0.5) is 0 Å². The highest BCUT2D eigenvalue weighted by molar-refractivity contribution is 6.01. The van der Waals surface area contributed by atoms with Gasteiger partial charge in [-0.05, 0) is 69.7 Å². The van der Waals surface area contributed by atoms with E-state index in [9.17, 15) is 14.4 Å². The van der Waals surface area contributed by atoms with Crippen molar-refractivity contribution in [1.29, 1.82) is 0 Å². The van der Waals surface area contributed by atoms with Gasteiger partial charge in [-0.15, -0.1) is 0 Å². The Morgan fingerprint density at radius 1 is 1.00 bits per heavy atom. The lowest BCUT2D eigenvalue weighted by Crippen LogP contribution is -2.40. The molecule has 1 unspecified atom stereocenters. The van der Waals surface area contributed by atoms with Gasteiger partial charge in [-0.2, -0.15) is 0 Å². The fourth-order valence-electron chi connectivity index (χ4n) is 4.05. The van der Waals surface area contributed by atoms with Crippen LogP contribution in [0.2, 0.25) is 0 Å². The van der Waals surface area contributed by atoms with Crippen molar-refractivity contribution in [2.24, 2.45) is 0 Å². The van der Waals surface area contributed by atoms with E-state index in [1.165, 1.54) is 25.7 Å². The molecule has 36 heavy (non-hydrogen) atoms. The number of carbonyl (C=O) groups is 3. The lowest BCUT2D eigenvalue weighted by Gasteiger charge is -2.27. The number of carbonyl (C=O) groups excluding carboxylic acids is 3. The molecule has 0 aromatic heterocycles. The van der Waals surface area contributed by atoms with Gasteiger partial charge in [-0.1, -0.05) is 51.7 Å². The van der Waals surface area contributed by atoms with Gasteiger partial charge < -0.3 is 9.47 Å². The molecular formula is C30H47NO5. The van der Waals surface area contributed by atoms with Crippen LogP contribution in [0.1, 0.15) is 107 Å². The predicted octanol–water partition coefficient (Wildman–Crippen LogP) is 6.83. The topological polar surface area (TPSA) is 72.9 Å². The van der Waals surface area contributed by atoms with Crippen molar-refractivity contribution in [3.8, 4) is 5.75 Å². The van der Waals surface area contributed by atoms with Crippen molar-refractivity contribution >= 4 is 18.1 Å². The lowest BCUT2D eigenvalue weighted by atomic mass is 9.99. The zero-order valence-electron chi connectivity index (χ0n) is 23.0. The van der Waals surface area contributed by atoms with Crippen LogP contribution in [-0.2, 0) is 14.3 Å². The molecule has 0 aliphatic carbocycles. The first-order chi connectivity index (χ1) is 17.3. The van der Waals surface area contributed by atoms with Crippen LogP contribution in [0.25, 0.3) is 0 Å². The molecule has 0 fully saturated rings.